The van der Waals surface area contributed by atoms with Gasteiger partial charge in [-0.2, -0.15) is 0 Å². The van der Waals surface area contributed by atoms with Gasteiger partial charge in [0.1, 0.15) is 5.52 Å². The zero-order valence-electron chi connectivity index (χ0n) is 11.6. The summed E-state index contributed by atoms with van der Waals surface area (Å²) in [6.45, 7) is 4.11. The van der Waals surface area contributed by atoms with Crippen LogP contribution in [-0.2, 0) is 6.42 Å². The standard InChI is InChI=1S/C15H18N2O3/c1-10(2)8-12(18)9-11-6-7-16-15-13(11)4-3-5-14(15)17(19)20/h3-7,10,12,18H,8-9H2,1-2H3. The van der Waals surface area contributed by atoms with E-state index in [-0.39, 0.29) is 5.69 Å². The van der Waals surface area contributed by atoms with Gasteiger partial charge < -0.3 is 5.11 Å². The molecule has 0 bridgehead atoms. The van der Waals surface area contributed by atoms with Gasteiger partial charge in [0.05, 0.1) is 11.0 Å². The number of aliphatic hydroxyl groups is 1. The second-order valence-corrected chi connectivity index (χ2v) is 5.39. The van der Waals surface area contributed by atoms with E-state index in [1.807, 2.05) is 12.1 Å². The van der Waals surface area contributed by atoms with Crippen LogP contribution in [0.2, 0.25) is 0 Å². The van der Waals surface area contributed by atoms with Crippen LogP contribution >= 0.6 is 0 Å². The van der Waals surface area contributed by atoms with Gasteiger partial charge in [0.25, 0.3) is 5.69 Å². The number of aliphatic hydroxyl groups excluding tert-OH is 1. The Kier molecular flexibility index (Phi) is 4.29. The maximum atomic E-state index is 11.0. The maximum Gasteiger partial charge on any atom is 0.295 e. The topological polar surface area (TPSA) is 76.3 Å². The molecule has 106 valence electrons. The van der Waals surface area contributed by atoms with Gasteiger partial charge in [-0.3, -0.25) is 10.1 Å². The molecule has 0 amide bonds. The molecule has 1 N–H and O–H groups in total. The van der Waals surface area contributed by atoms with E-state index in [0.717, 1.165) is 10.9 Å². The molecule has 20 heavy (non-hydrogen) atoms. The minimum Gasteiger partial charge on any atom is -0.393 e. The maximum absolute atomic E-state index is 11.0. The number of benzene rings is 1. The molecule has 0 radical (unpaired) electrons. The first-order chi connectivity index (χ1) is 9.49. The highest BCUT2D eigenvalue weighted by atomic mass is 16.6. The normalized spacial score (nSPS) is 12.8. The van der Waals surface area contributed by atoms with Crippen LogP contribution in [0.15, 0.2) is 30.5 Å². The highest BCUT2D eigenvalue weighted by Crippen LogP contribution is 2.26. The SMILES string of the molecule is CC(C)CC(O)Cc1ccnc2c([N+](=O)[O-])cccc12. The van der Waals surface area contributed by atoms with E-state index in [2.05, 4.69) is 18.8 Å². The molecule has 1 heterocycles. The summed E-state index contributed by atoms with van der Waals surface area (Å²) < 4.78 is 0. The van der Waals surface area contributed by atoms with E-state index >= 15 is 0 Å². The van der Waals surface area contributed by atoms with Crippen LogP contribution in [0.3, 0.4) is 0 Å². The fraction of sp³-hybridized carbons (Fsp3) is 0.400. The second-order valence-electron chi connectivity index (χ2n) is 5.39. The van der Waals surface area contributed by atoms with E-state index in [4.69, 9.17) is 0 Å². The van der Waals surface area contributed by atoms with Crippen molar-refractivity contribution in [3.63, 3.8) is 0 Å². The molecule has 1 aromatic carbocycles. The number of aromatic nitrogens is 1. The number of nitrogens with zero attached hydrogens (tertiary/aromatic N) is 2. The van der Waals surface area contributed by atoms with Crippen molar-refractivity contribution in [1.29, 1.82) is 0 Å². The highest BCUT2D eigenvalue weighted by molar-refractivity contribution is 5.89. The Morgan fingerprint density at radius 3 is 2.75 bits per heavy atom. The van der Waals surface area contributed by atoms with Crippen molar-refractivity contribution >= 4 is 16.6 Å². The molecule has 0 saturated carbocycles. The monoisotopic (exact) mass is 274 g/mol. The Bertz CT molecular complexity index is 626. The molecule has 0 aliphatic heterocycles. The van der Waals surface area contributed by atoms with Gasteiger partial charge in [-0.15, -0.1) is 0 Å². The fourth-order valence-corrected chi connectivity index (χ4v) is 2.42. The fourth-order valence-electron chi connectivity index (χ4n) is 2.42. The highest BCUT2D eigenvalue weighted by Gasteiger charge is 2.16. The molecule has 2 rings (SSSR count). The van der Waals surface area contributed by atoms with Crippen LogP contribution in [0.4, 0.5) is 5.69 Å². The summed E-state index contributed by atoms with van der Waals surface area (Å²) in [6, 6.07) is 6.73. The number of para-hydroxylation sites is 1. The largest absolute Gasteiger partial charge is 0.393 e. The summed E-state index contributed by atoms with van der Waals surface area (Å²) >= 11 is 0. The molecule has 0 fully saturated rings. The van der Waals surface area contributed by atoms with Gasteiger partial charge in [-0.05, 0) is 30.4 Å². The number of hydrogen-bond donors (Lipinski definition) is 1. The molecule has 0 spiro atoms. The third-order valence-electron chi connectivity index (χ3n) is 3.24. The Morgan fingerprint density at radius 2 is 2.10 bits per heavy atom. The van der Waals surface area contributed by atoms with E-state index < -0.39 is 11.0 Å². The Morgan fingerprint density at radius 1 is 1.35 bits per heavy atom. The Labute approximate surface area is 117 Å². The van der Waals surface area contributed by atoms with Crippen LogP contribution < -0.4 is 0 Å². The van der Waals surface area contributed by atoms with Crippen LogP contribution in [0, 0.1) is 16.0 Å². The first-order valence-electron chi connectivity index (χ1n) is 6.68. The van der Waals surface area contributed by atoms with Crippen molar-refractivity contribution in [3.8, 4) is 0 Å². The summed E-state index contributed by atoms with van der Waals surface area (Å²) in [7, 11) is 0. The lowest BCUT2D eigenvalue weighted by Crippen LogP contribution is -2.13. The molecule has 1 atom stereocenters. The molecular weight excluding hydrogens is 256 g/mol. The minimum absolute atomic E-state index is 0.00250. The van der Waals surface area contributed by atoms with Crippen molar-refractivity contribution in [1.82, 2.24) is 4.98 Å². The molecule has 0 aliphatic rings. The zero-order chi connectivity index (χ0) is 14.7. The van der Waals surface area contributed by atoms with Gasteiger partial charge in [0.15, 0.2) is 0 Å². The van der Waals surface area contributed by atoms with Crippen molar-refractivity contribution in [3.05, 3.63) is 46.1 Å². The summed E-state index contributed by atoms with van der Waals surface area (Å²) in [6.07, 6.45) is 2.31. The van der Waals surface area contributed by atoms with Crippen molar-refractivity contribution in [2.45, 2.75) is 32.8 Å². The Balaban J connectivity index is 2.40. The predicted octanol–water partition coefficient (Wildman–Crippen LogP) is 3.09. The van der Waals surface area contributed by atoms with Crippen molar-refractivity contribution in [2.75, 3.05) is 0 Å². The van der Waals surface area contributed by atoms with Crippen molar-refractivity contribution in [2.24, 2.45) is 5.92 Å². The number of pyridine rings is 1. The average molecular weight is 274 g/mol. The third-order valence-corrected chi connectivity index (χ3v) is 3.24. The lowest BCUT2D eigenvalue weighted by molar-refractivity contribution is -0.383. The van der Waals surface area contributed by atoms with Gasteiger partial charge in [0.2, 0.25) is 0 Å². The molecule has 1 aromatic heterocycles. The third kappa shape index (κ3) is 3.11. The summed E-state index contributed by atoms with van der Waals surface area (Å²) in [5.74, 6) is 0.410. The number of fused-ring (bicyclic) bond motifs is 1. The summed E-state index contributed by atoms with van der Waals surface area (Å²) in [4.78, 5) is 14.7. The number of rotatable bonds is 5. The smallest absolute Gasteiger partial charge is 0.295 e. The van der Waals surface area contributed by atoms with E-state index in [1.165, 1.54) is 6.07 Å². The van der Waals surface area contributed by atoms with Gasteiger partial charge in [-0.25, -0.2) is 4.98 Å². The zero-order valence-corrected chi connectivity index (χ0v) is 11.6. The second kappa shape index (κ2) is 5.96. The van der Waals surface area contributed by atoms with Crippen LogP contribution in [-0.4, -0.2) is 21.1 Å². The van der Waals surface area contributed by atoms with Gasteiger partial charge in [-0.1, -0.05) is 26.0 Å². The molecule has 2 aromatic rings. The van der Waals surface area contributed by atoms with Gasteiger partial charge >= 0.3 is 0 Å². The molecule has 0 saturated heterocycles. The quantitative estimate of drug-likeness (QED) is 0.671. The first-order valence-corrected chi connectivity index (χ1v) is 6.68. The Hall–Kier alpha value is -2.01. The van der Waals surface area contributed by atoms with Crippen LogP contribution in [0.1, 0.15) is 25.8 Å². The molecule has 5 heteroatoms. The molecule has 1 unspecified atom stereocenters. The number of nitro groups is 1. The first kappa shape index (κ1) is 14.4. The molecular formula is C15H18N2O3. The molecule has 5 nitrogen and oxygen atoms in total. The molecule has 0 aliphatic carbocycles. The lowest BCUT2D eigenvalue weighted by Gasteiger charge is -2.14. The summed E-state index contributed by atoms with van der Waals surface area (Å²) in [5, 5.41) is 21.8. The van der Waals surface area contributed by atoms with Crippen LogP contribution in [0.5, 0.6) is 0 Å². The van der Waals surface area contributed by atoms with Gasteiger partial charge in [0, 0.05) is 17.6 Å². The van der Waals surface area contributed by atoms with E-state index in [9.17, 15) is 15.2 Å². The number of non-ortho nitro benzene ring substituents is 1. The average Bonchev–Trinajstić information content (AvgIpc) is 2.37. The van der Waals surface area contributed by atoms with Crippen molar-refractivity contribution < 1.29 is 10.0 Å². The summed E-state index contributed by atoms with van der Waals surface area (Å²) in [5.41, 5.74) is 1.28. The minimum atomic E-state index is -0.445. The van der Waals surface area contributed by atoms with E-state index in [1.54, 1.807) is 12.3 Å². The number of hydrogen-bond acceptors (Lipinski definition) is 4. The lowest BCUT2D eigenvalue weighted by atomic mass is 9.97. The number of nitro benzene ring substituents is 1. The predicted molar refractivity (Wildman–Crippen MR) is 77.6 cm³/mol. The van der Waals surface area contributed by atoms with E-state index in [0.29, 0.717) is 24.3 Å². The van der Waals surface area contributed by atoms with Crippen LogP contribution in [0.25, 0.3) is 10.9 Å².